The highest BCUT2D eigenvalue weighted by Gasteiger charge is 2.56. The van der Waals surface area contributed by atoms with E-state index >= 15 is 0 Å². The molecule has 0 aliphatic rings. The Hall–Kier alpha value is -1.89. The van der Waals surface area contributed by atoms with E-state index < -0.39 is 40.5 Å². The fourth-order valence-electron chi connectivity index (χ4n) is 7.35. The number of rotatable bonds is 34. The summed E-state index contributed by atoms with van der Waals surface area (Å²) >= 11 is 0. The van der Waals surface area contributed by atoms with Crippen LogP contribution in [0.2, 0.25) is 0 Å². The van der Waals surface area contributed by atoms with Gasteiger partial charge in [-0.25, -0.2) is 14.4 Å². The summed E-state index contributed by atoms with van der Waals surface area (Å²) in [5, 5.41) is 30.9. The van der Waals surface area contributed by atoms with Crippen LogP contribution in [-0.2, 0) is 14.4 Å². The Morgan fingerprint density at radius 3 is 1.00 bits per heavy atom. The molecule has 0 fully saturated rings. The highest BCUT2D eigenvalue weighted by Crippen LogP contribution is 2.34. The molecule has 46 heavy (non-hydrogen) atoms. The molecule has 0 spiro atoms. The summed E-state index contributed by atoms with van der Waals surface area (Å²) in [7, 11) is 0. The Morgan fingerprint density at radius 2 is 0.717 bits per heavy atom. The van der Waals surface area contributed by atoms with E-state index in [0.717, 1.165) is 12.8 Å². The number of aliphatic carboxylic acids is 3. The zero-order chi connectivity index (χ0) is 34.5. The first-order chi connectivity index (χ1) is 22.2. The third-order valence-corrected chi connectivity index (χ3v) is 9.84. The first kappa shape index (κ1) is 44.1. The number of unbranched alkanes of at least 4 members (excludes halogenated alkanes) is 18. The van der Waals surface area contributed by atoms with E-state index in [4.69, 9.17) is 0 Å². The molecule has 0 aromatic carbocycles. The molecule has 0 aromatic rings. The second kappa shape index (κ2) is 29.3. The SMILES string of the molecule is CCCCCCCCCCCCCCCCCCC/C=C/CCC[N+](C(CCC)C(=O)O)(C(CCC)C(=O)O)C(CCC)C(=O)O. The van der Waals surface area contributed by atoms with Crippen LogP contribution in [0.1, 0.15) is 195 Å². The molecular formula is C39H74NO6+. The van der Waals surface area contributed by atoms with Crippen molar-refractivity contribution in [3.05, 3.63) is 12.2 Å². The summed E-state index contributed by atoms with van der Waals surface area (Å²) in [4.78, 5) is 37.8. The van der Waals surface area contributed by atoms with Gasteiger partial charge < -0.3 is 15.3 Å². The molecule has 0 aromatic heterocycles. The first-order valence-electron chi connectivity index (χ1n) is 19.4. The zero-order valence-corrected chi connectivity index (χ0v) is 30.5. The second-order valence-electron chi connectivity index (χ2n) is 13.7. The fourth-order valence-corrected chi connectivity index (χ4v) is 7.35. The topological polar surface area (TPSA) is 112 Å². The Labute approximate surface area is 283 Å². The number of quaternary nitrogens is 1. The molecule has 3 N–H and O–H groups in total. The Morgan fingerprint density at radius 1 is 0.435 bits per heavy atom. The van der Waals surface area contributed by atoms with E-state index in [1.54, 1.807) is 0 Å². The third-order valence-electron chi connectivity index (χ3n) is 9.84. The van der Waals surface area contributed by atoms with Crippen LogP contribution in [0.15, 0.2) is 12.2 Å². The minimum absolute atomic E-state index is 0.231. The normalized spacial score (nSPS) is 15.0. The first-order valence-corrected chi connectivity index (χ1v) is 19.4. The van der Waals surface area contributed by atoms with Crippen molar-refractivity contribution in [2.75, 3.05) is 6.54 Å². The fraction of sp³-hybridized carbons (Fsp3) is 0.872. The van der Waals surface area contributed by atoms with E-state index in [2.05, 4.69) is 19.1 Å². The van der Waals surface area contributed by atoms with Gasteiger partial charge in [-0.15, -0.1) is 0 Å². The van der Waals surface area contributed by atoms with Crippen LogP contribution in [0.3, 0.4) is 0 Å². The van der Waals surface area contributed by atoms with Crippen molar-refractivity contribution in [2.24, 2.45) is 0 Å². The van der Waals surface area contributed by atoms with Crippen molar-refractivity contribution in [3.8, 4) is 0 Å². The van der Waals surface area contributed by atoms with Gasteiger partial charge in [0.05, 0.1) is 6.54 Å². The van der Waals surface area contributed by atoms with Crippen molar-refractivity contribution in [2.45, 2.75) is 213 Å². The molecule has 0 aliphatic carbocycles. The van der Waals surface area contributed by atoms with Gasteiger partial charge in [0, 0.05) is 25.7 Å². The molecule has 3 unspecified atom stereocenters. The molecule has 0 saturated carbocycles. The quantitative estimate of drug-likeness (QED) is 0.0362. The lowest BCUT2D eigenvalue weighted by Gasteiger charge is -2.50. The van der Waals surface area contributed by atoms with Crippen molar-refractivity contribution < 1.29 is 34.2 Å². The van der Waals surface area contributed by atoms with Gasteiger partial charge in [-0.1, -0.05) is 143 Å². The highest BCUT2D eigenvalue weighted by atomic mass is 16.4. The number of allylic oxidation sites excluding steroid dienone is 2. The van der Waals surface area contributed by atoms with Crippen molar-refractivity contribution in [1.29, 1.82) is 0 Å². The van der Waals surface area contributed by atoms with Crippen LogP contribution in [0.4, 0.5) is 0 Å². The third kappa shape index (κ3) is 18.4. The number of carbonyl (C=O) groups is 3. The molecule has 3 atom stereocenters. The van der Waals surface area contributed by atoms with E-state index in [0.29, 0.717) is 32.1 Å². The number of carboxylic acids is 3. The van der Waals surface area contributed by atoms with Crippen LogP contribution in [0.25, 0.3) is 0 Å². The van der Waals surface area contributed by atoms with Crippen LogP contribution >= 0.6 is 0 Å². The summed E-state index contributed by atoms with van der Waals surface area (Å²) in [6.45, 7) is 8.12. The molecule has 0 rings (SSSR count). The van der Waals surface area contributed by atoms with Gasteiger partial charge in [-0.2, -0.15) is 0 Å². The molecule has 7 nitrogen and oxygen atoms in total. The lowest BCUT2D eigenvalue weighted by atomic mass is 9.91. The molecule has 0 amide bonds. The van der Waals surface area contributed by atoms with Gasteiger partial charge in [0.25, 0.3) is 0 Å². The maximum atomic E-state index is 12.6. The number of hydrogen-bond donors (Lipinski definition) is 3. The van der Waals surface area contributed by atoms with Crippen molar-refractivity contribution in [1.82, 2.24) is 0 Å². The predicted molar refractivity (Wildman–Crippen MR) is 191 cm³/mol. The molecular weight excluding hydrogens is 578 g/mol. The molecule has 0 radical (unpaired) electrons. The van der Waals surface area contributed by atoms with Gasteiger partial charge in [-0.3, -0.25) is 4.48 Å². The summed E-state index contributed by atoms with van der Waals surface area (Å²) in [6, 6.07) is -3.20. The lowest BCUT2D eigenvalue weighted by Crippen LogP contribution is -2.72. The molecule has 0 bridgehead atoms. The van der Waals surface area contributed by atoms with Crippen molar-refractivity contribution >= 4 is 17.9 Å². The predicted octanol–water partition coefficient (Wildman–Crippen LogP) is 10.9. The summed E-state index contributed by atoms with van der Waals surface area (Å²) in [6.07, 6.45) is 32.0. The number of nitrogens with zero attached hydrogens (tertiary/aromatic N) is 1. The number of carboxylic acid groups (broad SMARTS) is 3. The minimum atomic E-state index is -1.10. The average molecular weight is 653 g/mol. The summed E-state index contributed by atoms with van der Waals surface area (Å²) in [5.74, 6) is -3.29. The van der Waals surface area contributed by atoms with E-state index in [1.807, 2.05) is 20.8 Å². The Kier molecular flexibility index (Phi) is 28.1. The zero-order valence-electron chi connectivity index (χ0n) is 30.5. The summed E-state index contributed by atoms with van der Waals surface area (Å²) in [5.41, 5.74) is 0. The van der Waals surface area contributed by atoms with E-state index in [-0.39, 0.29) is 25.8 Å². The molecule has 0 aliphatic heterocycles. The molecule has 270 valence electrons. The minimum Gasteiger partial charge on any atom is -0.477 e. The van der Waals surface area contributed by atoms with Crippen LogP contribution < -0.4 is 0 Å². The standard InChI is InChI=1S/C39H73NO6/c1-5-9-10-11-12-13-14-15-16-17-18-19-20-21-22-23-24-25-26-27-28-29-33-40(34(30-6-2)37(41)42,35(31-7-3)38(43)44)36(32-8-4)39(45)46/h26-27,34-36H,5-25,28-33H2,1-4H3,(H2-,41,42,43,44,45,46)/p+1/b27-26+. The van der Waals surface area contributed by atoms with Crippen LogP contribution in [0.5, 0.6) is 0 Å². The lowest BCUT2D eigenvalue weighted by molar-refractivity contribution is -0.973. The number of hydrogen-bond acceptors (Lipinski definition) is 3. The average Bonchev–Trinajstić information content (AvgIpc) is 3.02. The smallest absolute Gasteiger partial charge is 0.362 e. The van der Waals surface area contributed by atoms with Gasteiger partial charge in [-0.05, 0) is 38.5 Å². The van der Waals surface area contributed by atoms with E-state index in [9.17, 15) is 29.7 Å². The van der Waals surface area contributed by atoms with Gasteiger partial charge >= 0.3 is 17.9 Å². The second-order valence-corrected chi connectivity index (χ2v) is 13.7. The monoisotopic (exact) mass is 653 g/mol. The van der Waals surface area contributed by atoms with Gasteiger partial charge in [0.2, 0.25) is 0 Å². The largest absolute Gasteiger partial charge is 0.477 e. The molecule has 0 saturated heterocycles. The molecule has 0 heterocycles. The maximum Gasteiger partial charge on any atom is 0.362 e. The Bertz CT molecular complexity index is 738. The van der Waals surface area contributed by atoms with E-state index in [1.165, 1.54) is 103 Å². The Balaban J connectivity index is 4.65. The van der Waals surface area contributed by atoms with Gasteiger partial charge in [0.1, 0.15) is 0 Å². The van der Waals surface area contributed by atoms with Gasteiger partial charge in [0.15, 0.2) is 18.1 Å². The van der Waals surface area contributed by atoms with Crippen molar-refractivity contribution in [3.63, 3.8) is 0 Å². The van der Waals surface area contributed by atoms with Crippen LogP contribution in [0, 0.1) is 0 Å². The highest BCUT2D eigenvalue weighted by molar-refractivity contribution is 5.78. The summed E-state index contributed by atoms with van der Waals surface area (Å²) < 4.78 is -0.400. The molecule has 7 heteroatoms. The van der Waals surface area contributed by atoms with Crippen LogP contribution in [-0.4, -0.2) is 62.4 Å². The maximum absolute atomic E-state index is 12.6.